The summed E-state index contributed by atoms with van der Waals surface area (Å²) in [5.41, 5.74) is 4.30. The second kappa shape index (κ2) is 7.30. The molecule has 4 rings (SSSR count). The van der Waals surface area contributed by atoms with Crippen molar-refractivity contribution in [1.29, 1.82) is 5.26 Å². The van der Waals surface area contributed by atoms with Gasteiger partial charge in [-0.05, 0) is 41.8 Å². The van der Waals surface area contributed by atoms with Gasteiger partial charge < -0.3 is 10.2 Å². The van der Waals surface area contributed by atoms with E-state index in [1.165, 1.54) is 11.1 Å². The number of amides is 1. The van der Waals surface area contributed by atoms with Crippen molar-refractivity contribution < 1.29 is 4.79 Å². The molecule has 0 radical (unpaired) electrons. The molecular weight excluding hydrogens is 336 g/mol. The lowest BCUT2D eigenvalue weighted by Gasteiger charge is -2.29. The Morgan fingerprint density at radius 3 is 2.70 bits per heavy atom. The summed E-state index contributed by atoms with van der Waals surface area (Å²) in [4.78, 5) is 19.1. The number of carbonyl (C=O) groups is 1. The van der Waals surface area contributed by atoms with Gasteiger partial charge >= 0.3 is 0 Å². The summed E-state index contributed by atoms with van der Waals surface area (Å²) < 4.78 is 0. The van der Waals surface area contributed by atoms with Crippen LogP contribution < -0.4 is 5.32 Å². The molecule has 0 atom stereocenters. The Balaban J connectivity index is 1.54. The van der Waals surface area contributed by atoms with E-state index in [0.717, 1.165) is 6.42 Å². The van der Waals surface area contributed by atoms with E-state index in [9.17, 15) is 10.1 Å². The standard InChI is InChI=1S/C22H18N4O/c23-14-18-6-3-4-8-20(18)25-21-13-17(9-11-24-21)22(27)26-12-10-16-5-1-2-7-19(16)15-26/h1-9,11,13H,10,12,15H2,(H,24,25). The lowest BCUT2D eigenvalue weighted by Crippen LogP contribution is -2.35. The number of para-hydroxylation sites is 1. The molecule has 0 saturated carbocycles. The number of hydrogen-bond donors (Lipinski definition) is 1. The van der Waals surface area contributed by atoms with Crippen LogP contribution in [0.25, 0.3) is 0 Å². The summed E-state index contributed by atoms with van der Waals surface area (Å²) in [7, 11) is 0. The molecule has 0 spiro atoms. The van der Waals surface area contributed by atoms with Crippen molar-refractivity contribution >= 4 is 17.4 Å². The number of nitrogens with zero attached hydrogens (tertiary/aromatic N) is 3. The van der Waals surface area contributed by atoms with Crippen LogP contribution in [-0.4, -0.2) is 22.3 Å². The number of pyridine rings is 1. The second-order valence-corrected chi connectivity index (χ2v) is 6.46. The van der Waals surface area contributed by atoms with Gasteiger partial charge in [0.05, 0.1) is 11.3 Å². The van der Waals surface area contributed by atoms with Gasteiger partial charge in [-0.15, -0.1) is 0 Å². The zero-order chi connectivity index (χ0) is 18.6. The first kappa shape index (κ1) is 16.8. The number of rotatable bonds is 3. The molecule has 5 nitrogen and oxygen atoms in total. The maximum atomic E-state index is 13.0. The van der Waals surface area contributed by atoms with Crippen LogP contribution in [0, 0.1) is 11.3 Å². The van der Waals surface area contributed by atoms with Gasteiger partial charge in [-0.25, -0.2) is 4.98 Å². The Hall–Kier alpha value is -3.65. The Bertz CT molecular complexity index is 1040. The minimum absolute atomic E-state index is 0.0106. The highest BCUT2D eigenvalue weighted by Gasteiger charge is 2.21. The van der Waals surface area contributed by atoms with E-state index in [1.54, 1.807) is 24.4 Å². The molecule has 0 saturated heterocycles. The van der Waals surface area contributed by atoms with Gasteiger partial charge in [-0.2, -0.15) is 5.26 Å². The lowest BCUT2D eigenvalue weighted by molar-refractivity contribution is 0.0734. The fourth-order valence-corrected chi connectivity index (χ4v) is 3.31. The van der Waals surface area contributed by atoms with Crippen molar-refractivity contribution in [3.05, 3.63) is 89.1 Å². The van der Waals surface area contributed by atoms with Gasteiger partial charge in [-0.1, -0.05) is 36.4 Å². The van der Waals surface area contributed by atoms with Crippen molar-refractivity contribution in [2.75, 3.05) is 11.9 Å². The lowest BCUT2D eigenvalue weighted by atomic mass is 9.99. The third kappa shape index (κ3) is 3.51. The number of anilines is 2. The quantitative estimate of drug-likeness (QED) is 0.775. The number of fused-ring (bicyclic) bond motifs is 1. The van der Waals surface area contributed by atoms with Crippen LogP contribution in [0.1, 0.15) is 27.0 Å². The van der Waals surface area contributed by atoms with E-state index in [1.807, 2.05) is 35.2 Å². The molecule has 1 aliphatic rings. The van der Waals surface area contributed by atoms with Gasteiger partial charge in [0.15, 0.2) is 0 Å². The summed E-state index contributed by atoms with van der Waals surface area (Å²) in [6.45, 7) is 1.33. The molecule has 0 unspecified atom stereocenters. The molecule has 2 heterocycles. The van der Waals surface area contributed by atoms with Crippen LogP contribution in [0.3, 0.4) is 0 Å². The van der Waals surface area contributed by atoms with Gasteiger partial charge in [0, 0.05) is 24.8 Å². The molecule has 0 bridgehead atoms. The maximum Gasteiger partial charge on any atom is 0.254 e. The minimum Gasteiger partial charge on any atom is -0.339 e. The normalized spacial score (nSPS) is 12.8. The first-order valence-corrected chi connectivity index (χ1v) is 8.83. The van der Waals surface area contributed by atoms with Crippen molar-refractivity contribution in [2.45, 2.75) is 13.0 Å². The van der Waals surface area contributed by atoms with E-state index in [0.29, 0.717) is 35.7 Å². The summed E-state index contributed by atoms with van der Waals surface area (Å²) in [5.74, 6) is 0.532. The Morgan fingerprint density at radius 1 is 1.07 bits per heavy atom. The van der Waals surface area contributed by atoms with Crippen LogP contribution in [-0.2, 0) is 13.0 Å². The van der Waals surface area contributed by atoms with Crippen molar-refractivity contribution in [2.24, 2.45) is 0 Å². The monoisotopic (exact) mass is 354 g/mol. The summed E-state index contributed by atoms with van der Waals surface area (Å²) in [6, 6.07) is 21.1. The highest BCUT2D eigenvalue weighted by molar-refractivity contribution is 5.95. The molecule has 1 aliphatic heterocycles. The van der Waals surface area contributed by atoms with Crippen LogP contribution in [0.2, 0.25) is 0 Å². The third-order valence-electron chi connectivity index (χ3n) is 4.74. The fourth-order valence-electron chi connectivity index (χ4n) is 3.31. The van der Waals surface area contributed by atoms with Gasteiger partial charge in [0.1, 0.15) is 11.9 Å². The predicted octanol–water partition coefficient (Wildman–Crippen LogP) is 3.90. The maximum absolute atomic E-state index is 13.0. The Morgan fingerprint density at radius 2 is 1.85 bits per heavy atom. The van der Waals surface area contributed by atoms with E-state index in [4.69, 9.17) is 0 Å². The number of nitrogens with one attached hydrogen (secondary N) is 1. The highest BCUT2D eigenvalue weighted by atomic mass is 16.2. The zero-order valence-corrected chi connectivity index (χ0v) is 14.7. The molecule has 132 valence electrons. The smallest absolute Gasteiger partial charge is 0.254 e. The first-order chi connectivity index (χ1) is 13.2. The van der Waals surface area contributed by atoms with E-state index >= 15 is 0 Å². The minimum atomic E-state index is -0.0106. The largest absolute Gasteiger partial charge is 0.339 e. The molecule has 1 aromatic heterocycles. The van der Waals surface area contributed by atoms with E-state index in [-0.39, 0.29) is 5.91 Å². The molecule has 0 fully saturated rings. The molecular formula is C22H18N4O. The van der Waals surface area contributed by atoms with Crippen LogP contribution in [0.15, 0.2) is 66.9 Å². The number of benzene rings is 2. The predicted molar refractivity (Wildman–Crippen MR) is 104 cm³/mol. The SMILES string of the molecule is N#Cc1ccccc1Nc1cc(C(=O)N2CCc3ccccc3C2)ccn1. The Kier molecular flexibility index (Phi) is 4.54. The van der Waals surface area contributed by atoms with Crippen molar-refractivity contribution in [3.63, 3.8) is 0 Å². The third-order valence-corrected chi connectivity index (χ3v) is 4.74. The van der Waals surface area contributed by atoms with E-state index in [2.05, 4.69) is 28.5 Å². The highest BCUT2D eigenvalue weighted by Crippen LogP contribution is 2.22. The molecule has 3 aromatic rings. The summed E-state index contributed by atoms with van der Waals surface area (Å²) >= 11 is 0. The van der Waals surface area contributed by atoms with Crippen LogP contribution >= 0.6 is 0 Å². The zero-order valence-electron chi connectivity index (χ0n) is 14.7. The average molecular weight is 354 g/mol. The second-order valence-electron chi connectivity index (χ2n) is 6.46. The number of nitriles is 1. The fraction of sp³-hybridized carbons (Fsp3) is 0.136. The Labute approximate surface area is 157 Å². The molecule has 1 amide bonds. The van der Waals surface area contributed by atoms with Gasteiger partial charge in [0.2, 0.25) is 0 Å². The number of hydrogen-bond acceptors (Lipinski definition) is 4. The van der Waals surface area contributed by atoms with Gasteiger partial charge in [0.25, 0.3) is 5.91 Å². The summed E-state index contributed by atoms with van der Waals surface area (Å²) in [5, 5.41) is 12.4. The molecule has 1 N–H and O–H groups in total. The number of aromatic nitrogens is 1. The number of carbonyl (C=O) groups excluding carboxylic acids is 1. The molecule has 5 heteroatoms. The summed E-state index contributed by atoms with van der Waals surface area (Å²) in [6.07, 6.45) is 2.48. The molecule has 0 aliphatic carbocycles. The molecule has 2 aromatic carbocycles. The molecule has 27 heavy (non-hydrogen) atoms. The van der Waals surface area contributed by atoms with Crippen molar-refractivity contribution in [1.82, 2.24) is 9.88 Å². The first-order valence-electron chi connectivity index (χ1n) is 8.83. The average Bonchev–Trinajstić information content (AvgIpc) is 2.73. The van der Waals surface area contributed by atoms with Gasteiger partial charge in [-0.3, -0.25) is 4.79 Å². The van der Waals surface area contributed by atoms with Crippen molar-refractivity contribution in [3.8, 4) is 6.07 Å². The van der Waals surface area contributed by atoms with Crippen LogP contribution in [0.4, 0.5) is 11.5 Å². The topological polar surface area (TPSA) is 69.0 Å². The van der Waals surface area contributed by atoms with Crippen LogP contribution in [0.5, 0.6) is 0 Å². The van der Waals surface area contributed by atoms with E-state index < -0.39 is 0 Å².